The minimum Gasteiger partial charge on any atom is -0.222 e. The van der Waals surface area contributed by atoms with E-state index in [0.717, 1.165) is 0 Å². The van der Waals surface area contributed by atoms with Gasteiger partial charge in [0.1, 0.15) is 18.0 Å². The summed E-state index contributed by atoms with van der Waals surface area (Å²) in [5, 5.41) is 1.21. The molecule has 0 radical (unpaired) electrons. The summed E-state index contributed by atoms with van der Waals surface area (Å²) in [4.78, 5) is 0. The van der Waals surface area contributed by atoms with E-state index < -0.39 is 10.2 Å². The van der Waals surface area contributed by atoms with E-state index in [4.69, 9.17) is 18.6 Å². The Morgan fingerprint density at radius 2 is 1.13 bits per heavy atom. The van der Waals surface area contributed by atoms with Gasteiger partial charge in [0.05, 0.1) is 5.57 Å². The molecule has 1 aromatic heterocycles. The molecule has 0 aliphatic carbocycles. The van der Waals surface area contributed by atoms with E-state index in [9.17, 15) is 0 Å². The normalized spacial score (nSPS) is 13.9. The van der Waals surface area contributed by atoms with E-state index in [1.165, 1.54) is 50.3 Å². The Labute approximate surface area is 222 Å². The van der Waals surface area contributed by atoms with E-state index in [1.54, 1.807) is 0 Å². The SMILES string of the molecule is C[n+]1c2[n+](cc3ccccc31)C(c1ccccc1)=C(c1ccccc1)/C2=C\c1ccccc1.[O-][Cl+3]([O-])([O-])[O-]. The van der Waals surface area contributed by atoms with Crippen molar-refractivity contribution in [1.29, 1.82) is 0 Å². The number of benzene rings is 4. The third kappa shape index (κ3) is 5.40. The van der Waals surface area contributed by atoms with Crippen molar-refractivity contribution in [3.8, 4) is 0 Å². The lowest BCUT2D eigenvalue weighted by atomic mass is 9.94. The van der Waals surface area contributed by atoms with Gasteiger partial charge in [-0.1, -0.05) is 91.0 Å². The summed E-state index contributed by atoms with van der Waals surface area (Å²) in [5.41, 5.74) is 8.50. The Balaban J connectivity index is 0.000000540. The molecule has 5 aromatic rings. The van der Waals surface area contributed by atoms with Crippen molar-refractivity contribution >= 4 is 33.8 Å². The number of fused-ring (bicyclic) bond motifs is 2. The summed E-state index contributed by atoms with van der Waals surface area (Å²) in [6.07, 6.45) is 4.60. The predicted octanol–water partition coefficient (Wildman–Crippen LogP) is 1.17. The molecule has 1 aliphatic heterocycles. The summed E-state index contributed by atoms with van der Waals surface area (Å²) in [6.45, 7) is 0. The van der Waals surface area contributed by atoms with Crippen molar-refractivity contribution in [2.45, 2.75) is 0 Å². The lowest BCUT2D eigenvalue weighted by Gasteiger charge is -2.17. The van der Waals surface area contributed by atoms with Crippen LogP contribution in [0.25, 0.3) is 33.8 Å². The first kappa shape index (κ1) is 25.5. The van der Waals surface area contributed by atoms with Gasteiger partial charge in [0, 0.05) is 11.6 Å². The molecule has 6 rings (SSSR count). The van der Waals surface area contributed by atoms with Crippen LogP contribution < -0.4 is 27.8 Å². The first-order chi connectivity index (χ1) is 18.3. The van der Waals surface area contributed by atoms with Crippen LogP contribution in [0.5, 0.6) is 0 Å². The van der Waals surface area contributed by atoms with E-state index >= 15 is 0 Å². The molecule has 0 amide bonds. The quantitative estimate of drug-likeness (QED) is 0.331. The summed E-state index contributed by atoms with van der Waals surface area (Å²) in [7, 11) is -2.77. The van der Waals surface area contributed by atoms with Crippen LogP contribution in [0.15, 0.2) is 121 Å². The Kier molecular flexibility index (Phi) is 7.15. The van der Waals surface area contributed by atoms with Crippen molar-refractivity contribution in [3.05, 3.63) is 144 Å². The highest BCUT2D eigenvalue weighted by atomic mass is 35.7. The van der Waals surface area contributed by atoms with Crippen molar-refractivity contribution in [1.82, 2.24) is 0 Å². The smallest absolute Gasteiger partial charge is 0.222 e. The molecule has 4 aromatic carbocycles. The first-order valence-electron chi connectivity index (χ1n) is 11.9. The third-order valence-corrected chi connectivity index (χ3v) is 6.32. The molecule has 0 saturated carbocycles. The van der Waals surface area contributed by atoms with Crippen LogP contribution >= 0.6 is 0 Å². The van der Waals surface area contributed by atoms with Crippen LogP contribution in [-0.2, 0) is 7.05 Å². The lowest BCUT2D eigenvalue weighted by molar-refractivity contribution is -2.00. The van der Waals surface area contributed by atoms with Crippen molar-refractivity contribution in [2.24, 2.45) is 7.05 Å². The predicted molar refractivity (Wildman–Crippen MR) is 135 cm³/mol. The molecule has 7 heteroatoms. The van der Waals surface area contributed by atoms with Crippen molar-refractivity contribution in [2.75, 3.05) is 0 Å². The number of aromatic nitrogens is 2. The van der Waals surface area contributed by atoms with Gasteiger partial charge in [-0.25, -0.2) is 18.6 Å². The maximum Gasteiger partial charge on any atom is 0.458 e. The number of allylic oxidation sites excluding steroid dienone is 2. The number of nitrogens with zero attached hydrogens (tertiary/aromatic N) is 2. The van der Waals surface area contributed by atoms with E-state index in [2.05, 4.69) is 144 Å². The fourth-order valence-electron chi connectivity index (χ4n) is 4.85. The van der Waals surface area contributed by atoms with Crippen LogP contribution in [0, 0.1) is 10.2 Å². The van der Waals surface area contributed by atoms with Crippen molar-refractivity contribution < 1.29 is 38.0 Å². The lowest BCUT2D eigenvalue weighted by Crippen LogP contribution is -2.68. The second-order valence-electron chi connectivity index (χ2n) is 8.74. The summed E-state index contributed by atoms with van der Waals surface area (Å²) in [5.74, 6) is 1.18. The zero-order chi connectivity index (χ0) is 26.7. The average Bonchev–Trinajstić information content (AvgIpc) is 3.23. The Morgan fingerprint density at radius 1 is 0.632 bits per heavy atom. The minimum absolute atomic E-state index is 1.18. The van der Waals surface area contributed by atoms with Crippen LogP contribution in [0.4, 0.5) is 0 Å². The number of para-hydroxylation sites is 1. The van der Waals surface area contributed by atoms with E-state index in [1.807, 2.05) is 0 Å². The molecule has 0 atom stereocenters. The first-order valence-corrected chi connectivity index (χ1v) is 13.1. The molecule has 0 N–H and O–H groups in total. The summed E-state index contributed by atoms with van der Waals surface area (Å²) in [6, 6.07) is 40.7. The average molecular weight is 524 g/mol. The Hall–Kier alpha value is -4.17. The Morgan fingerprint density at radius 3 is 1.74 bits per heavy atom. The van der Waals surface area contributed by atoms with Crippen LogP contribution in [-0.4, -0.2) is 0 Å². The second kappa shape index (κ2) is 10.7. The maximum absolute atomic E-state index is 8.49. The highest BCUT2D eigenvalue weighted by Crippen LogP contribution is 2.40. The third-order valence-electron chi connectivity index (χ3n) is 6.32. The van der Waals surface area contributed by atoms with Gasteiger partial charge in [-0.05, 0) is 35.4 Å². The maximum atomic E-state index is 8.49. The van der Waals surface area contributed by atoms with Crippen LogP contribution in [0.2, 0.25) is 0 Å². The van der Waals surface area contributed by atoms with Gasteiger partial charge in [-0.3, -0.25) is 0 Å². The number of halogens is 1. The Bertz CT molecular complexity index is 1640. The molecule has 1 aliphatic rings. The van der Waals surface area contributed by atoms with Crippen molar-refractivity contribution in [3.63, 3.8) is 0 Å². The van der Waals surface area contributed by atoms with Gasteiger partial charge >= 0.3 is 5.82 Å². The van der Waals surface area contributed by atoms with Gasteiger partial charge in [0.25, 0.3) is 0 Å². The topological polar surface area (TPSA) is 100 Å². The molecule has 0 saturated heterocycles. The molecule has 188 valence electrons. The standard InChI is InChI=1S/C31H24N2.ClHO4/c1-32-28-20-12-11-19-26(28)22-33-30(25-17-9-4-10-18-25)29(24-15-7-3-8-16-24)27(31(32)33)21-23-13-5-2-6-14-23;2-1(3,4)5/h2-22H,1H3;(H,2,3,4,5)/q+2;/p-1/b27-21+;. The highest BCUT2D eigenvalue weighted by molar-refractivity contribution is 6.18. The zero-order valence-corrected chi connectivity index (χ0v) is 21.3. The van der Waals surface area contributed by atoms with Gasteiger partial charge in [-0.15, -0.1) is 19.4 Å². The molecule has 38 heavy (non-hydrogen) atoms. The monoisotopic (exact) mass is 523 g/mol. The molecule has 0 bridgehead atoms. The summed E-state index contributed by atoms with van der Waals surface area (Å²) < 4.78 is 38.7. The molecule has 0 unspecified atom stereocenters. The molecule has 0 spiro atoms. The van der Waals surface area contributed by atoms with Crippen LogP contribution in [0.3, 0.4) is 0 Å². The molecule has 0 fully saturated rings. The van der Waals surface area contributed by atoms with Gasteiger partial charge in [-0.2, -0.15) is 0 Å². The largest absolute Gasteiger partial charge is 0.458 e. The molecular weight excluding hydrogens is 500 g/mol. The minimum atomic E-state index is -4.94. The number of rotatable bonds is 3. The fraction of sp³-hybridized carbons (Fsp3) is 0.0323. The number of aryl methyl sites for hydroxylation is 1. The summed E-state index contributed by atoms with van der Waals surface area (Å²) >= 11 is 0. The number of hydrogen-bond donors (Lipinski definition) is 0. The molecule has 6 nitrogen and oxygen atoms in total. The van der Waals surface area contributed by atoms with Crippen LogP contribution in [0.1, 0.15) is 22.5 Å². The van der Waals surface area contributed by atoms with Gasteiger partial charge in [0.15, 0.2) is 6.20 Å². The van der Waals surface area contributed by atoms with E-state index in [-0.39, 0.29) is 0 Å². The van der Waals surface area contributed by atoms with Gasteiger partial charge in [0.2, 0.25) is 11.2 Å². The second-order valence-corrected chi connectivity index (χ2v) is 9.50. The van der Waals surface area contributed by atoms with E-state index in [0.29, 0.717) is 0 Å². The zero-order valence-electron chi connectivity index (χ0n) is 20.5. The molecular formula is C31H24ClN2O4+. The fourth-order valence-corrected chi connectivity index (χ4v) is 4.85. The van der Waals surface area contributed by atoms with Gasteiger partial charge < -0.3 is 0 Å². The highest BCUT2D eigenvalue weighted by Gasteiger charge is 2.44. The molecule has 2 heterocycles. The number of hydrogen-bond acceptors (Lipinski definition) is 4.